The van der Waals surface area contributed by atoms with Crippen LogP contribution >= 0.6 is 24.0 Å². The first-order chi connectivity index (χ1) is 11.7. The van der Waals surface area contributed by atoms with Crippen LogP contribution in [0.4, 0.5) is 0 Å². The number of guanidine groups is 1. The highest BCUT2D eigenvalue weighted by atomic mass is 127. The molecular weight excluding hydrogens is 427 g/mol. The fraction of sp³-hybridized carbons (Fsp3) is 0.368. The van der Waals surface area contributed by atoms with Crippen molar-refractivity contribution in [3.8, 4) is 5.75 Å². The van der Waals surface area contributed by atoms with E-state index in [0.29, 0.717) is 19.7 Å². The molecule has 1 heterocycles. The number of hydrogen-bond donors (Lipinski definition) is 2. The summed E-state index contributed by atoms with van der Waals surface area (Å²) in [6, 6.07) is 10.2. The Morgan fingerprint density at radius 2 is 2.04 bits per heavy atom. The number of rotatable bonds is 7. The number of halogens is 1. The van der Waals surface area contributed by atoms with Gasteiger partial charge in [-0.1, -0.05) is 23.8 Å². The number of pyridine rings is 1. The standard InChI is InChI=1S/C19H26N4O.HI/c1-4-21-19(22-10-11-24-18-6-5-9-20-14-18)23-13-17-8-7-15(2)12-16(17)3;/h5-9,12,14H,4,10-11,13H2,1-3H3,(H2,21,22,23);1H. The fourth-order valence-corrected chi connectivity index (χ4v) is 2.30. The molecule has 0 aliphatic carbocycles. The zero-order valence-corrected chi connectivity index (χ0v) is 17.4. The van der Waals surface area contributed by atoms with Crippen LogP contribution in [0.5, 0.6) is 5.75 Å². The number of aryl methyl sites for hydroxylation is 2. The molecule has 1 aromatic heterocycles. The molecule has 0 fully saturated rings. The van der Waals surface area contributed by atoms with E-state index in [9.17, 15) is 0 Å². The van der Waals surface area contributed by atoms with Gasteiger partial charge in [0.05, 0.1) is 19.3 Å². The Labute approximate surface area is 167 Å². The van der Waals surface area contributed by atoms with Gasteiger partial charge in [-0.05, 0) is 44.0 Å². The predicted octanol–water partition coefficient (Wildman–Crippen LogP) is 3.45. The second kappa shape index (κ2) is 11.7. The number of ether oxygens (including phenoxy) is 1. The molecule has 0 aliphatic rings. The average molecular weight is 454 g/mol. The van der Waals surface area contributed by atoms with Gasteiger partial charge in [0.1, 0.15) is 12.4 Å². The second-order valence-corrected chi connectivity index (χ2v) is 5.59. The fourth-order valence-electron chi connectivity index (χ4n) is 2.30. The monoisotopic (exact) mass is 454 g/mol. The average Bonchev–Trinajstić information content (AvgIpc) is 2.58. The smallest absolute Gasteiger partial charge is 0.191 e. The number of hydrogen-bond acceptors (Lipinski definition) is 3. The highest BCUT2D eigenvalue weighted by Gasteiger charge is 2.01. The Balaban J connectivity index is 0.00000312. The number of benzene rings is 1. The molecule has 0 saturated carbocycles. The van der Waals surface area contributed by atoms with E-state index >= 15 is 0 Å². The summed E-state index contributed by atoms with van der Waals surface area (Å²) in [7, 11) is 0. The molecule has 0 radical (unpaired) electrons. The van der Waals surface area contributed by atoms with E-state index in [4.69, 9.17) is 4.74 Å². The molecule has 136 valence electrons. The molecule has 0 unspecified atom stereocenters. The van der Waals surface area contributed by atoms with Crippen molar-refractivity contribution in [2.75, 3.05) is 19.7 Å². The van der Waals surface area contributed by atoms with Crippen molar-refractivity contribution >= 4 is 29.9 Å². The second-order valence-electron chi connectivity index (χ2n) is 5.59. The summed E-state index contributed by atoms with van der Waals surface area (Å²) in [5.41, 5.74) is 3.79. The number of aromatic nitrogens is 1. The zero-order valence-electron chi connectivity index (χ0n) is 15.1. The van der Waals surface area contributed by atoms with E-state index in [1.165, 1.54) is 16.7 Å². The Bertz CT molecular complexity index is 662. The minimum absolute atomic E-state index is 0. The Kier molecular flexibility index (Phi) is 9.91. The van der Waals surface area contributed by atoms with Crippen LogP contribution in [-0.4, -0.2) is 30.6 Å². The third-order valence-electron chi connectivity index (χ3n) is 3.55. The lowest BCUT2D eigenvalue weighted by Gasteiger charge is -2.12. The first kappa shape index (κ1) is 21.2. The first-order valence-electron chi connectivity index (χ1n) is 8.30. The molecule has 6 heteroatoms. The van der Waals surface area contributed by atoms with Gasteiger partial charge in [-0.15, -0.1) is 24.0 Å². The summed E-state index contributed by atoms with van der Waals surface area (Å²) in [6.45, 7) is 8.99. The molecule has 1 aromatic carbocycles. The summed E-state index contributed by atoms with van der Waals surface area (Å²) < 4.78 is 5.62. The molecule has 2 rings (SSSR count). The molecule has 0 spiro atoms. The summed E-state index contributed by atoms with van der Waals surface area (Å²) >= 11 is 0. The van der Waals surface area contributed by atoms with E-state index in [0.717, 1.165) is 18.3 Å². The third-order valence-corrected chi connectivity index (χ3v) is 3.55. The van der Waals surface area contributed by atoms with Crippen LogP contribution in [0.2, 0.25) is 0 Å². The highest BCUT2D eigenvalue weighted by Crippen LogP contribution is 2.11. The van der Waals surface area contributed by atoms with E-state index in [1.807, 2.05) is 12.1 Å². The molecule has 0 bridgehead atoms. The minimum Gasteiger partial charge on any atom is -0.490 e. The maximum atomic E-state index is 5.62. The summed E-state index contributed by atoms with van der Waals surface area (Å²) in [5, 5.41) is 6.54. The molecule has 0 atom stereocenters. The Morgan fingerprint density at radius 1 is 1.20 bits per heavy atom. The lowest BCUT2D eigenvalue weighted by Crippen LogP contribution is -2.39. The lowest BCUT2D eigenvalue weighted by molar-refractivity contribution is 0.320. The van der Waals surface area contributed by atoms with Gasteiger partial charge in [0, 0.05) is 12.7 Å². The highest BCUT2D eigenvalue weighted by molar-refractivity contribution is 14.0. The molecular formula is C19H27IN4O. The number of nitrogens with zero attached hydrogens (tertiary/aromatic N) is 2. The molecule has 5 nitrogen and oxygen atoms in total. The van der Waals surface area contributed by atoms with Crippen LogP contribution in [0.15, 0.2) is 47.7 Å². The largest absolute Gasteiger partial charge is 0.490 e. The first-order valence-corrected chi connectivity index (χ1v) is 8.30. The van der Waals surface area contributed by atoms with Crippen molar-refractivity contribution in [1.29, 1.82) is 0 Å². The summed E-state index contributed by atoms with van der Waals surface area (Å²) in [4.78, 5) is 8.67. The van der Waals surface area contributed by atoms with E-state index < -0.39 is 0 Å². The van der Waals surface area contributed by atoms with Crippen molar-refractivity contribution in [3.63, 3.8) is 0 Å². The van der Waals surface area contributed by atoms with Crippen molar-refractivity contribution in [2.45, 2.75) is 27.3 Å². The molecule has 25 heavy (non-hydrogen) atoms. The molecule has 2 aromatic rings. The van der Waals surface area contributed by atoms with Crippen molar-refractivity contribution in [1.82, 2.24) is 15.6 Å². The lowest BCUT2D eigenvalue weighted by atomic mass is 10.1. The van der Waals surface area contributed by atoms with Crippen LogP contribution in [-0.2, 0) is 6.54 Å². The molecule has 0 amide bonds. The van der Waals surface area contributed by atoms with Crippen molar-refractivity contribution in [3.05, 3.63) is 59.4 Å². The van der Waals surface area contributed by atoms with Crippen molar-refractivity contribution < 1.29 is 4.74 Å². The maximum absolute atomic E-state index is 5.62. The van der Waals surface area contributed by atoms with Gasteiger partial charge in [0.2, 0.25) is 0 Å². The quantitative estimate of drug-likeness (QED) is 0.291. The van der Waals surface area contributed by atoms with Gasteiger partial charge in [-0.25, -0.2) is 4.99 Å². The van der Waals surface area contributed by atoms with E-state index in [-0.39, 0.29) is 24.0 Å². The van der Waals surface area contributed by atoms with Gasteiger partial charge in [-0.2, -0.15) is 0 Å². The predicted molar refractivity (Wildman–Crippen MR) is 114 cm³/mol. The SMILES string of the molecule is CCNC(=NCc1ccc(C)cc1C)NCCOc1cccnc1.I. The van der Waals surface area contributed by atoms with Crippen LogP contribution in [0, 0.1) is 13.8 Å². The molecule has 2 N–H and O–H groups in total. The number of nitrogens with one attached hydrogen (secondary N) is 2. The zero-order chi connectivity index (χ0) is 17.2. The van der Waals surface area contributed by atoms with Gasteiger partial charge < -0.3 is 15.4 Å². The number of aliphatic imine (C=N–C) groups is 1. The normalized spacial score (nSPS) is 10.8. The van der Waals surface area contributed by atoms with Gasteiger partial charge in [0.15, 0.2) is 5.96 Å². The van der Waals surface area contributed by atoms with Crippen LogP contribution in [0.25, 0.3) is 0 Å². The van der Waals surface area contributed by atoms with Gasteiger partial charge in [-0.3, -0.25) is 4.98 Å². The topological polar surface area (TPSA) is 58.5 Å². The van der Waals surface area contributed by atoms with Crippen LogP contribution < -0.4 is 15.4 Å². The van der Waals surface area contributed by atoms with E-state index in [1.54, 1.807) is 12.4 Å². The Morgan fingerprint density at radius 3 is 2.72 bits per heavy atom. The summed E-state index contributed by atoms with van der Waals surface area (Å²) in [6.07, 6.45) is 3.44. The molecule has 0 saturated heterocycles. The van der Waals surface area contributed by atoms with Gasteiger partial charge in [0.25, 0.3) is 0 Å². The summed E-state index contributed by atoms with van der Waals surface area (Å²) in [5.74, 6) is 1.57. The van der Waals surface area contributed by atoms with Crippen LogP contribution in [0.3, 0.4) is 0 Å². The van der Waals surface area contributed by atoms with Crippen molar-refractivity contribution in [2.24, 2.45) is 4.99 Å². The van der Waals surface area contributed by atoms with E-state index in [2.05, 4.69) is 59.6 Å². The molecule has 0 aliphatic heterocycles. The van der Waals surface area contributed by atoms with Crippen LogP contribution in [0.1, 0.15) is 23.6 Å². The maximum Gasteiger partial charge on any atom is 0.191 e. The Hall–Kier alpha value is -1.83. The minimum atomic E-state index is 0. The van der Waals surface area contributed by atoms with Gasteiger partial charge >= 0.3 is 0 Å². The third kappa shape index (κ3) is 7.72.